The van der Waals surface area contributed by atoms with Crippen LogP contribution in [0.15, 0.2) is 48.7 Å². The minimum atomic E-state index is -4.47. The van der Waals surface area contributed by atoms with E-state index in [1.54, 1.807) is 12.3 Å². The fourth-order valence-electron chi connectivity index (χ4n) is 5.11. The third-order valence-corrected chi connectivity index (χ3v) is 6.87. The molecule has 5 nitrogen and oxygen atoms in total. The molecule has 3 aromatic rings. The van der Waals surface area contributed by atoms with Gasteiger partial charge in [-0.05, 0) is 48.9 Å². The number of fused-ring (bicyclic) bond motifs is 1. The Morgan fingerprint density at radius 2 is 1.69 bits per heavy atom. The van der Waals surface area contributed by atoms with Crippen molar-refractivity contribution in [2.24, 2.45) is 11.8 Å². The van der Waals surface area contributed by atoms with Crippen LogP contribution in [0.3, 0.4) is 0 Å². The van der Waals surface area contributed by atoms with Crippen molar-refractivity contribution in [1.82, 2.24) is 20.3 Å². The van der Waals surface area contributed by atoms with Crippen molar-refractivity contribution in [2.75, 3.05) is 18.0 Å². The molecule has 0 bridgehead atoms. The van der Waals surface area contributed by atoms with Crippen LogP contribution in [0.25, 0.3) is 11.4 Å². The van der Waals surface area contributed by atoms with E-state index in [1.807, 2.05) is 4.90 Å². The number of nitrogens with one attached hydrogen (secondary N) is 2. The van der Waals surface area contributed by atoms with Gasteiger partial charge in [0.1, 0.15) is 17.3 Å². The molecule has 35 heavy (non-hydrogen) atoms. The Balaban J connectivity index is 1.20. The van der Waals surface area contributed by atoms with E-state index in [-0.39, 0.29) is 6.04 Å². The maximum atomic E-state index is 13.0. The molecule has 0 unspecified atom stereocenters. The third kappa shape index (κ3) is 5.00. The van der Waals surface area contributed by atoms with E-state index in [9.17, 15) is 26.3 Å². The number of aromatic nitrogens is 3. The van der Waals surface area contributed by atoms with Gasteiger partial charge in [-0.1, -0.05) is 18.2 Å². The molecule has 5 rings (SSSR count). The van der Waals surface area contributed by atoms with Gasteiger partial charge >= 0.3 is 12.4 Å². The highest BCUT2D eigenvalue weighted by molar-refractivity contribution is 5.56. The molecule has 0 spiro atoms. The molecule has 3 heterocycles. The van der Waals surface area contributed by atoms with Crippen LogP contribution in [-0.2, 0) is 18.9 Å². The number of benzene rings is 1. The molecule has 2 fully saturated rings. The van der Waals surface area contributed by atoms with E-state index in [0.29, 0.717) is 48.7 Å². The molecule has 2 aliphatic rings. The first-order valence-electron chi connectivity index (χ1n) is 11.3. The molecule has 1 saturated carbocycles. The van der Waals surface area contributed by atoms with E-state index in [1.165, 1.54) is 18.2 Å². The largest absolute Gasteiger partial charge is 0.433 e. The summed E-state index contributed by atoms with van der Waals surface area (Å²) in [5, 5.41) is 3.51. The van der Waals surface area contributed by atoms with E-state index in [2.05, 4.69) is 20.3 Å². The molecule has 1 aliphatic heterocycles. The second kappa shape index (κ2) is 8.85. The quantitative estimate of drug-likeness (QED) is 0.458. The number of aromatic amines is 1. The smallest absolute Gasteiger partial charge is 0.356 e. The molecule has 1 aliphatic carbocycles. The first-order chi connectivity index (χ1) is 16.6. The summed E-state index contributed by atoms with van der Waals surface area (Å²) in [4.78, 5) is 13.2. The lowest BCUT2D eigenvalue weighted by Gasteiger charge is -2.22. The normalized spacial score (nSPS) is 22.6. The van der Waals surface area contributed by atoms with E-state index < -0.39 is 23.6 Å². The summed E-state index contributed by atoms with van der Waals surface area (Å²) >= 11 is 0. The summed E-state index contributed by atoms with van der Waals surface area (Å²) in [6.07, 6.45) is -5.19. The standard InChI is InChI=1S/C24H23F6N5/c25-23(26,27)16-7-4-14(5-8-16)22-32-11-17(33-22)10-31-19-9-6-15-12-35(13-18(15)19)21-3-1-2-20(34-21)24(28,29)30/h1-5,7-8,11,15,18-19,31H,6,9-10,12-13H2,(H,32,33)/t15-,18+,19+/m1/s1. The van der Waals surface area contributed by atoms with Gasteiger partial charge in [0.05, 0.1) is 11.3 Å². The first-order valence-corrected chi connectivity index (χ1v) is 11.3. The number of imidazole rings is 1. The maximum Gasteiger partial charge on any atom is 0.433 e. The molecule has 1 aromatic carbocycles. The number of H-pyrrole nitrogens is 1. The minimum absolute atomic E-state index is 0.196. The monoisotopic (exact) mass is 495 g/mol. The van der Waals surface area contributed by atoms with E-state index >= 15 is 0 Å². The van der Waals surface area contributed by atoms with Crippen LogP contribution in [-0.4, -0.2) is 34.1 Å². The lowest BCUT2D eigenvalue weighted by Crippen LogP contribution is -2.35. The molecule has 2 N–H and O–H groups in total. The molecule has 11 heteroatoms. The summed E-state index contributed by atoms with van der Waals surface area (Å²) in [6.45, 7) is 1.79. The average Bonchev–Trinajstić information content (AvgIpc) is 3.53. The summed E-state index contributed by atoms with van der Waals surface area (Å²) in [7, 11) is 0. The van der Waals surface area contributed by atoms with Gasteiger partial charge in [-0.15, -0.1) is 0 Å². The topological polar surface area (TPSA) is 56.8 Å². The number of nitrogens with zero attached hydrogens (tertiary/aromatic N) is 3. The lowest BCUT2D eigenvalue weighted by molar-refractivity contribution is -0.141. The number of halogens is 6. The third-order valence-electron chi connectivity index (χ3n) is 6.87. The van der Waals surface area contributed by atoms with Gasteiger partial charge in [-0.2, -0.15) is 26.3 Å². The SMILES string of the molecule is FC(F)(F)c1ccc(-c2nc(CN[C@H]3CC[C@@H]4CN(c5cccc(C(F)(F)F)n5)C[C@@H]43)c[nH]2)cc1. The summed E-state index contributed by atoms with van der Waals surface area (Å²) in [5.74, 6) is 1.51. The Morgan fingerprint density at radius 3 is 2.40 bits per heavy atom. The molecular weight excluding hydrogens is 472 g/mol. The van der Waals surface area contributed by atoms with Crippen LogP contribution in [0.5, 0.6) is 0 Å². The fourth-order valence-corrected chi connectivity index (χ4v) is 5.11. The van der Waals surface area contributed by atoms with Gasteiger partial charge in [-0.25, -0.2) is 9.97 Å². The molecule has 3 atom stereocenters. The van der Waals surface area contributed by atoms with E-state index in [0.717, 1.165) is 36.7 Å². The zero-order chi connectivity index (χ0) is 24.8. The Kier molecular flexibility index (Phi) is 5.98. The van der Waals surface area contributed by atoms with Crippen LogP contribution in [0, 0.1) is 11.8 Å². The number of rotatable bonds is 5. The predicted molar refractivity (Wildman–Crippen MR) is 117 cm³/mol. The van der Waals surface area contributed by atoms with Crippen molar-refractivity contribution in [3.63, 3.8) is 0 Å². The highest BCUT2D eigenvalue weighted by Crippen LogP contribution is 2.40. The second-order valence-electron chi connectivity index (χ2n) is 9.09. The van der Waals surface area contributed by atoms with Gasteiger partial charge in [-0.3, -0.25) is 0 Å². The fraction of sp³-hybridized carbons (Fsp3) is 0.417. The first kappa shape index (κ1) is 23.7. The number of hydrogen-bond donors (Lipinski definition) is 2. The van der Waals surface area contributed by atoms with Crippen LogP contribution in [0.2, 0.25) is 0 Å². The van der Waals surface area contributed by atoms with Crippen molar-refractivity contribution in [3.05, 3.63) is 65.6 Å². The van der Waals surface area contributed by atoms with E-state index in [4.69, 9.17) is 0 Å². The van der Waals surface area contributed by atoms with Crippen molar-refractivity contribution >= 4 is 5.82 Å². The lowest BCUT2D eigenvalue weighted by atomic mass is 9.98. The van der Waals surface area contributed by atoms with Crippen molar-refractivity contribution in [3.8, 4) is 11.4 Å². The number of pyridine rings is 1. The van der Waals surface area contributed by atoms with Gasteiger partial charge in [0.25, 0.3) is 0 Å². The number of anilines is 1. The molecule has 1 saturated heterocycles. The summed E-state index contributed by atoms with van der Waals surface area (Å²) in [5.41, 5.74) is -0.302. The van der Waals surface area contributed by atoms with Crippen molar-refractivity contribution in [1.29, 1.82) is 0 Å². The number of hydrogen-bond acceptors (Lipinski definition) is 4. The highest BCUT2D eigenvalue weighted by Gasteiger charge is 2.43. The van der Waals surface area contributed by atoms with Crippen molar-refractivity contribution in [2.45, 2.75) is 37.8 Å². The maximum absolute atomic E-state index is 13.0. The molecular formula is C24H23F6N5. The van der Waals surface area contributed by atoms with Crippen molar-refractivity contribution < 1.29 is 26.3 Å². The summed E-state index contributed by atoms with van der Waals surface area (Å²) in [6, 6.07) is 9.01. The van der Waals surface area contributed by atoms with Crippen LogP contribution < -0.4 is 10.2 Å². The molecule has 186 valence electrons. The van der Waals surface area contributed by atoms with Crippen LogP contribution in [0.1, 0.15) is 29.8 Å². The molecule has 0 radical (unpaired) electrons. The average molecular weight is 495 g/mol. The Bertz CT molecular complexity index is 1170. The predicted octanol–water partition coefficient (Wildman–Crippen LogP) is 5.51. The molecule has 0 amide bonds. The Hall–Kier alpha value is -3.08. The van der Waals surface area contributed by atoms with Gasteiger partial charge in [0.15, 0.2) is 0 Å². The Labute approximate surface area is 197 Å². The summed E-state index contributed by atoms with van der Waals surface area (Å²) < 4.78 is 77.4. The van der Waals surface area contributed by atoms with Gasteiger partial charge in [0, 0.05) is 37.4 Å². The zero-order valence-corrected chi connectivity index (χ0v) is 18.5. The Morgan fingerprint density at radius 1 is 0.914 bits per heavy atom. The number of alkyl halides is 6. The molecule has 2 aromatic heterocycles. The second-order valence-corrected chi connectivity index (χ2v) is 9.09. The van der Waals surface area contributed by atoms with Crippen LogP contribution in [0.4, 0.5) is 32.2 Å². The van der Waals surface area contributed by atoms with Gasteiger partial charge in [0.2, 0.25) is 0 Å². The minimum Gasteiger partial charge on any atom is -0.356 e. The van der Waals surface area contributed by atoms with Crippen LogP contribution >= 0.6 is 0 Å². The highest BCUT2D eigenvalue weighted by atomic mass is 19.4. The zero-order valence-electron chi connectivity index (χ0n) is 18.5. The van der Waals surface area contributed by atoms with Gasteiger partial charge < -0.3 is 15.2 Å².